The number of alkyl halides is 3. The fourth-order valence-electron chi connectivity index (χ4n) is 3.06. The van der Waals surface area contributed by atoms with Crippen molar-refractivity contribution in [3.8, 4) is 0 Å². The van der Waals surface area contributed by atoms with Gasteiger partial charge >= 0.3 is 6.18 Å². The van der Waals surface area contributed by atoms with Crippen molar-refractivity contribution < 1.29 is 26.4 Å². The largest absolute Gasteiger partial charge is 0.416 e. The van der Waals surface area contributed by atoms with Crippen molar-refractivity contribution in [1.29, 1.82) is 0 Å². The Morgan fingerprint density at radius 1 is 1.00 bits per heavy atom. The maximum atomic E-state index is 13.3. The van der Waals surface area contributed by atoms with Gasteiger partial charge in [0.15, 0.2) is 0 Å². The minimum Gasteiger partial charge on any atom is -0.325 e. The number of nitrogens with zero attached hydrogens (tertiary/aromatic N) is 1. The van der Waals surface area contributed by atoms with Crippen LogP contribution in [0.5, 0.6) is 0 Å². The number of carbonyl (C=O) groups is 1. The highest BCUT2D eigenvalue weighted by Gasteiger charge is 2.31. The minimum absolute atomic E-state index is 0.0462. The van der Waals surface area contributed by atoms with Crippen molar-refractivity contribution in [3.05, 3.63) is 93.5 Å². The monoisotopic (exact) mass is 530 g/mol. The van der Waals surface area contributed by atoms with Crippen LogP contribution in [0, 0.1) is 6.92 Å². The average Bonchev–Trinajstić information content (AvgIpc) is 2.75. The van der Waals surface area contributed by atoms with Crippen LogP contribution >= 0.6 is 23.2 Å². The van der Waals surface area contributed by atoms with Gasteiger partial charge in [0.2, 0.25) is 15.9 Å². The standard InChI is InChI=1S/C23H19Cl2F3N2O3S/c1-15-5-9-20(10-6-15)34(32,33)30(13-16-7-8-18(24)12-21(16)25)14-22(31)29-19-4-2-3-17(11-19)23(26,27)28/h2-12H,13-14H2,1H3,(H,29,31). The predicted molar refractivity (Wildman–Crippen MR) is 125 cm³/mol. The lowest BCUT2D eigenvalue weighted by molar-refractivity contribution is -0.137. The van der Waals surface area contributed by atoms with E-state index in [4.69, 9.17) is 23.2 Å². The SMILES string of the molecule is Cc1ccc(S(=O)(=O)N(CC(=O)Nc2cccc(C(F)(F)F)c2)Cc2ccc(Cl)cc2Cl)cc1. The number of anilines is 1. The fraction of sp³-hybridized carbons (Fsp3) is 0.174. The maximum absolute atomic E-state index is 13.3. The van der Waals surface area contributed by atoms with E-state index in [1.165, 1.54) is 36.4 Å². The number of amides is 1. The summed E-state index contributed by atoms with van der Waals surface area (Å²) in [5, 5.41) is 2.88. The Bertz CT molecular complexity index is 1300. The van der Waals surface area contributed by atoms with Crippen molar-refractivity contribution in [2.75, 3.05) is 11.9 Å². The van der Waals surface area contributed by atoms with Gasteiger partial charge in [-0.15, -0.1) is 0 Å². The number of nitrogens with one attached hydrogen (secondary N) is 1. The van der Waals surface area contributed by atoms with Crippen molar-refractivity contribution in [1.82, 2.24) is 4.31 Å². The van der Waals surface area contributed by atoms with Crippen molar-refractivity contribution in [3.63, 3.8) is 0 Å². The van der Waals surface area contributed by atoms with Gasteiger partial charge in [0, 0.05) is 22.3 Å². The molecule has 1 amide bonds. The van der Waals surface area contributed by atoms with Gasteiger partial charge in [0.1, 0.15) is 0 Å². The summed E-state index contributed by atoms with van der Waals surface area (Å²) in [5.41, 5.74) is 0.182. The third kappa shape index (κ3) is 6.50. The number of aryl methyl sites for hydroxylation is 1. The molecule has 3 aromatic carbocycles. The summed E-state index contributed by atoms with van der Waals surface area (Å²) < 4.78 is 66.5. The summed E-state index contributed by atoms with van der Waals surface area (Å²) in [4.78, 5) is 12.6. The number of halogens is 5. The van der Waals surface area contributed by atoms with E-state index in [2.05, 4.69) is 5.32 Å². The first-order valence-electron chi connectivity index (χ1n) is 9.84. The topological polar surface area (TPSA) is 66.5 Å². The quantitative estimate of drug-likeness (QED) is 0.398. The van der Waals surface area contributed by atoms with E-state index < -0.39 is 34.2 Å². The Balaban J connectivity index is 1.90. The maximum Gasteiger partial charge on any atom is 0.416 e. The molecule has 0 aliphatic carbocycles. The van der Waals surface area contributed by atoms with Gasteiger partial charge in [0.25, 0.3) is 0 Å². The molecule has 0 atom stereocenters. The van der Waals surface area contributed by atoms with Crippen LogP contribution in [0.25, 0.3) is 0 Å². The Hall–Kier alpha value is -2.59. The zero-order valence-corrected chi connectivity index (χ0v) is 20.1. The van der Waals surface area contributed by atoms with E-state index in [1.54, 1.807) is 19.1 Å². The Labute approximate surface area is 205 Å². The predicted octanol–water partition coefficient (Wildman–Crippen LogP) is 6.15. The molecule has 5 nitrogen and oxygen atoms in total. The number of hydrogen-bond acceptors (Lipinski definition) is 3. The van der Waals surface area contributed by atoms with Crippen LogP contribution in [0.2, 0.25) is 10.0 Å². The molecule has 180 valence electrons. The Morgan fingerprint density at radius 2 is 1.68 bits per heavy atom. The Kier molecular flexibility index (Phi) is 7.92. The molecule has 0 saturated heterocycles. The van der Waals surface area contributed by atoms with Gasteiger partial charge in [-0.3, -0.25) is 4.79 Å². The highest BCUT2D eigenvalue weighted by atomic mass is 35.5. The molecular formula is C23H19Cl2F3N2O3S. The zero-order chi connectivity index (χ0) is 25.1. The zero-order valence-electron chi connectivity index (χ0n) is 17.7. The first-order valence-corrected chi connectivity index (χ1v) is 12.0. The molecule has 11 heteroatoms. The van der Waals surface area contributed by atoms with E-state index in [-0.39, 0.29) is 22.2 Å². The second-order valence-corrected chi connectivity index (χ2v) is 10.2. The highest BCUT2D eigenvalue weighted by Crippen LogP contribution is 2.31. The molecule has 0 fully saturated rings. The smallest absolute Gasteiger partial charge is 0.325 e. The Morgan fingerprint density at radius 3 is 2.29 bits per heavy atom. The van der Waals surface area contributed by atoms with E-state index >= 15 is 0 Å². The second kappa shape index (κ2) is 10.4. The molecule has 0 saturated carbocycles. The van der Waals surface area contributed by atoms with Crippen LogP contribution < -0.4 is 5.32 Å². The van der Waals surface area contributed by atoms with Gasteiger partial charge in [-0.1, -0.05) is 53.0 Å². The number of sulfonamides is 1. The summed E-state index contributed by atoms with van der Waals surface area (Å²) in [6.45, 7) is 0.873. The first-order chi connectivity index (χ1) is 15.9. The minimum atomic E-state index is -4.59. The average molecular weight is 531 g/mol. The van der Waals surface area contributed by atoms with Gasteiger partial charge in [-0.2, -0.15) is 17.5 Å². The first kappa shape index (κ1) is 26.0. The molecular weight excluding hydrogens is 512 g/mol. The number of hydrogen-bond donors (Lipinski definition) is 1. The third-order valence-corrected chi connectivity index (χ3v) is 7.21. The van der Waals surface area contributed by atoms with Gasteiger partial charge in [-0.25, -0.2) is 8.42 Å². The normalized spacial score (nSPS) is 12.1. The molecule has 0 aliphatic heterocycles. The van der Waals surface area contributed by atoms with Crippen LogP contribution in [0.15, 0.2) is 71.6 Å². The lowest BCUT2D eigenvalue weighted by Gasteiger charge is -2.23. The molecule has 0 heterocycles. The van der Waals surface area contributed by atoms with E-state index in [1.807, 2.05) is 0 Å². The lowest BCUT2D eigenvalue weighted by atomic mass is 10.2. The van der Waals surface area contributed by atoms with Crippen LogP contribution in [0.3, 0.4) is 0 Å². The number of carbonyl (C=O) groups excluding carboxylic acids is 1. The molecule has 1 N–H and O–H groups in total. The lowest BCUT2D eigenvalue weighted by Crippen LogP contribution is -2.37. The molecule has 34 heavy (non-hydrogen) atoms. The van der Waals surface area contributed by atoms with E-state index in [0.29, 0.717) is 10.6 Å². The number of rotatable bonds is 7. The molecule has 0 aromatic heterocycles. The van der Waals surface area contributed by atoms with Crippen molar-refractivity contribution >= 4 is 44.8 Å². The summed E-state index contributed by atoms with van der Waals surface area (Å²) in [6.07, 6.45) is -4.59. The van der Waals surface area contributed by atoms with Gasteiger partial charge in [-0.05, 0) is 55.0 Å². The molecule has 0 unspecified atom stereocenters. The van der Waals surface area contributed by atoms with Crippen LogP contribution in [0.1, 0.15) is 16.7 Å². The third-order valence-electron chi connectivity index (χ3n) is 4.81. The highest BCUT2D eigenvalue weighted by molar-refractivity contribution is 7.89. The fourth-order valence-corrected chi connectivity index (χ4v) is 4.90. The van der Waals surface area contributed by atoms with Crippen LogP contribution in [-0.4, -0.2) is 25.2 Å². The molecule has 0 bridgehead atoms. The van der Waals surface area contributed by atoms with E-state index in [9.17, 15) is 26.4 Å². The van der Waals surface area contributed by atoms with Crippen LogP contribution in [0.4, 0.5) is 18.9 Å². The molecule has 0 spiro atoms. The summed E-state index contributed by atoms with van der Waals surface area (Å²) in [5.74, 6) is -0.819. The summed E-state index contributed by atoms with van der Waals surface area (Å²) >= 11 is 12.1. The van der Waals surface area contributed by atoms with Gasteiger partial charge < -0.3 is 5.32 Å². The van der Waals surface area contributed by atoms with Gasteiger partial charge in [0.05, 0.1) is 17.0 Å². The molecule has 3 aromatic rings. The number of benzene rings is 3. The molecule has 0 aliphatic rings. The van der Waals surface area contributed by atoms with Crippen LogP contribution in [-0.2, 0) is 27.5 Å². The summed E-state index contributed by atoms with van der Waals surface area (Å²) in [6, 6.07) is 14.6. The van der Waals surface area contributed by atoms with Crippen molar-refractivity contribution in [2.24, 2.45) is 0 Å². The summed E-state index contributed by atoms with van der Waals surface area (Å²) in [7, 11) is -4.16. The second-order valence-electron chi connectivity index (χ2n) is 7.45. The molecule has 0 radical (unpaired) electrons. The van der Waals surface area contributed by atoms with Crippen molar-refractivity contribution in [2.45, 2.75) is 24.5 Å². The molecule has 3 rings (SSSR count). The van der Waals surface area contributed by atoms with E-state index in [0.717, 1.165) is 28.1 Å².